The van der Waals surface area contributed by atoms with E-state index < -0.39 is 5.97 Å². The van der Waals surface area contributed by atoms with E-state index in [-0.39, 0.29) is 11.2 Å². The predicted octanol–water partition coefficient (Wildman–Crippen LogP) is 9.01. The van der Waals surface area contributed by atoms with Crippen LogP contribution in [0.25, 0.3) is 21.4 Å². The van der Waals surface area contributed by atoms with Gasteiger partial charge < -0.3 is 25.2 Å². The molecule has 1 saturated heterocycles. The lowest BCUT2D eigenvalue weighted by atomic mass is 10.1. The fourth-order valence-corrected chi connectivity index (χ4v) is 7.55. The first kappa shape index (κ1) is 37.6. The molecule has 1 aliphatic rings. The zero-order valence-corrected chi connectivity index (χ0v) is 32.0. The van der Waals surface area contributed by atoms with Gasteiger partial charge in [0, 0.05) is 41.7 Å². The van der Waals surface area contributed by atoms with Gasteiger partial charge in [0.05, 0.1) is 18.5 Å². The minimum absolute atomic E-state index is 0.0489. The third-order valence-electron chi connectivity index (χ3n) is 8.08. The first-order chi connectivity index (χ1) is 25.6. The van der Waals surface area contributed by atoms with Gasteiger partial charge in [0.25, 0.3) is 0 Å². The number of rotatable bonds is 11. The minimum atomic E-state index is -0.989. The molecule has 1 unspecified atom stereocenters. The van der Waals surface area contributed by atoms with E-state index in [4.69, 9.17) is 19.6 Å². The predicted molar refractivity (Wildman–Crippen MR) is 210 cm³/mol. The molecule has 6 aromatic rings. The van der Waals surface area contributed by atoms with Crippen LogP contribution in [0.2, 0.25) is 0 Å². The van der Waals surface area contributed by atoms with Crippen molar-refractivity contribution in [1.29, 1.82) is 0 Å². The van der Waals surface area contributed by atoms with Gasteiger partial charge in [0.2, 0.25) is 11.9 Å². The molecule has 4 aromatic heterocycles. The SMILES string of the molecule is Cc1cc(C)cc(Nc2nccc(-c3nc(C)c(CCOC4CCCCO4)s3)n2)c1.Cc1cc(C)cc(Nc2nccc(-c3ncc(C(=O)O)s3)n2)c1. The van der Waals surface area contributed by atoms with Crippen LogP contribution in [-0.2, 0) is 15.9 Å². The van der Waals surface area contributed by atoms with Gasteiger partial charge >= 0.3 is 5.97 Å². The van der Waals surface area contributed by atoms with Crippen LogP contribution in [0.4, 0.5) is 23.3 Å². The minimum Gasteiger partial charge on any atom is -0.477 e. The number of aromatic nitrogens is 6. The maximum Gasteiger partial charge on any atom is 0.347 e. The molecular formula is C39H42N8O4S2. The third-order valence-corrected chi connectivity index (χ3v) is 10.3. The second-order valence-electron chi connectivity index (χ2n) is 12.8. The lowest BCUT2D eigenvalue weighted by molar-refractivity contribution is -0.161. The summed E-state index contributed by atoms with van der Waals surface area (Å²) in [5.74, 6) is 0.0284. The normalized spacial score (nSPS) is 13.9. The molecule has 0 spiro atoms. The monoisotopic (exact) mass is 750 g/mol. The van der Waals surface area contributed by atoms with E-state index in [9.17, 15) is 4.79 Å². The number of thiazole rings is 2. The molecule has 1 atom stereocenters. The van der Waals surface area contributed by atoms with Crippen molar-refractivity contribution in [2.75, 3.05) is 23.8 Å². The fourth-order valence-electron chi connectivity index (χ4n) is 5.81. The lowest BCUT2D eigenvalue weighted by Gasteiger charge is -2.22. The number of hydrogen-bond acceptors (Lipinski definition) is 13. The molecule has 53 heavy (non-hydrogen) atoms. The Morgan fingerprint density at radius 3 is 1.91 bits per heavy atom. The van der Waals surface area contributed by atoms with Gasteiger partial charge in [-0.3, -0.25) is 0 Å². The van der Waals surface area contributed by atoms with E-state index in [1.54, 1.807) is 29.8 Å². The summed E-state index contributed by atoms with van der Waals surface area (Å²) in [5.41, 5.74) is 9.05. The highest BCUT2D eigenvalue weighted by atomic mass is 32.1. The van der Waals surface area contributed by atoms with E-state index in [0.717, 1.165) is 76.1 Å². The van der Waals surface area contributed by atoms with Crippen molar-refractivity contribution in [3.63, 3.8) is 0 Å². The number of ether oxygens (including phenoxy) is 2. The summed E-state index contributed by atoms with van der Waals surface area (Å²) >= 11 is 2.75. The molecule has 0 aliphatic carbocycles. The summed E-state index contributed by atoms with van der Waals surface area (Å²) in [7, 11) is 0. The molecule has 0 amide bonds. The zero-order valence-electron chi connectivity index (χ0n) is 30.3. The quantitative estimate of drug-likeness (QED) is 0.116. The number of benzene rings is 2. The Hall–Kier alpha value is -5.15. The number of carboxylic acid groups (broad SMARTS) is 1. The van der Waals surface area contributed by atoms with Crippen molar-refractivity contribution in [1.82, 2.24) is 29.9 Å². The van der Waals surface area contributed by atoms with Gasteiger partial charge in [-0.15, -0.1) is 22.7 Å². The van der Waals surface area contributed by atoms with Gasteiger partial charge in [-0.2, -0.15) is 0 Å². The maximum atomic E-state index is 10.9. The average Bonchev–Trinajstić information content (AvgIpc) is 3.76. The highest BCUT2D eigenvalue weighted by Gasteiger charge is 2.16. The van der Waals surface area contributed by atoms with E-state index >= 15 is 0 Å². The Bertz CT molecular complexity index is 2140. The number of hydrogen-bond donors (Lipinski definition) is 3. The third kappa shape index (κ3) is 10.7. The standard InChI is InChI=1S/C23H28N4O2S.C16H14N4O2S/c1-15-12-16(2)14-18(13-15)26-23-24-9-7-19(27-23)22-25-17(3)20(30-22)8-11-29-21-6-4-5-10-28-21;1-9-5-10(2)7-11(6-9)19-16-17-4-3-12(20-16)14-18-8-13(23-14)15(21)22/h7,9,12-14,21H,4-6,8,10-11H2,1-3H3,(H,24,26,27);3-8H,1-2H3,(H,21,22)(H,17,19,20). The largest absolute Gasteiger partial charge is 0.477 e. The molecule has 2 aromatic carbocycles. The summed E-state index contributed by atoms with van der Waals surface area (Å²) in [6, 6.07) is 16.0. The summed E-state index contributed by atoms with van der Waals surface area (Å²) in [4.78, 5) is 38.8. The Labute approximate surface area is 316 Å². The van der Waals surface area contributed by atoms with E-state index in [2.05, 4.69) is 73.7 Å². The molecule has 3 N–H and O–H groups in total. The summed E-state index contributed by atoms with van der Waals surface area (Å²) in [6.45, 7) is 11.7. The first-order valence-electron chi connectivity index (χ1n) is 17.3. The van der Waals surface area contributed by atoms with Crippen LogP contribution in [0.5, 0.6) is 0 Å². The number of aromatic carboxylic acids is 1. The van der Waals surface area contributed by atoms with Crippen molar-refractivity contribution in [3.05, 3.63) is 105 Å². The Morgan fingerprint density at radius 1 is 0.792 bits per heavy atom. The number of nitrogens with zero attached hydrogens (tertiary/aromatic N) is 6. The topological polar surface area (TPSA) is 157 Å². The Kier molecular flexibility index (Phi) is 12.5. The van der Waals surface area contributed by atoms with Crippen LogP contribution < -0.4 is 10.6 Å². The zero-order chi connectivity index (χ0) is 37.3. The molecule has 0 bridgehead atoms. The van der Waals surface area contributed by atoms with Gasteiger partial charge in [-0.25, -0.2) is 34.7 Å². The molecule has 14 heteroatoms. The molecule has 274 valence electrons. The summed E-state index contributed by atoms with van der Waals surface area (Å²) in [5, 5.41) is 16.9. The summed E-state index contributed by atoms with van der Waals surface area (Å²) in [6.07, 6.45) is 8.82. The molecule has 1 aliphatic heterocycles. The highest BCUT2D eigenvalue weighted by Crippen LogP contribution is 2.29. The van der Waals surface area contributed by atoms with E-state index in [0.29, 0.717) is 29.2 Å². The fraction of sp³-hybridized carbons (Fsp3) is 0.308. The molecule has 0 saturated carbocycles. The highest BCUT2D eigenvalue weighted by molar-refractivity contribution is 7.16. The second-order valence-corrected chi connectivity index (χ2v) is 14.9. The van der Waals surface area contributed by atoms with Crippen molar-refractivity contribution in [3.8, 4) is 21.4 Å². The molecular weight excluding hydrogens is 709 g/mol. The van der Waals surface area contributed by atoms with Crippen LogP contribution in [-0.4, -0.2) is 60.5 Å². The molecule has 7 rings (SSSR count). The number of nitrogens with one attached hydrogen (secondary N) is 2. The maximum absolute atomic E-state index is 10.9. The molecule has 5 heterocycles. The van der Waals surface area contributed by atoms with Crippen molar-refractivity contribution >= 4 is 51.9 Å². The smallest absolute Gasteiger partial charge is 0.347 e. The van der Waals surface area contributed by atoms with Crippen molar-refractivity contribution in [2.24, 2.45) is 0 Å². The number of anilines is 4. The molecule has 12 nitrogen and oxygen atoms in total. The number of carbonyl (C=O) groups is 1. The molecule has 1 fully saturated rings. The van der Waals surface area contributed by atoms with Crippen LogP contribution >= 0.6 is 22.7 Å². The van der Waals surface area contributed by atoms with Crippen LogP contribution in [0.1, 0.15) is 61.8 Å². The van der Waals surface area contributed by atoms with Crippen LogP contribution in [0, 0.1) is 34.6 Å². The second kappa shape index (κ2) is 17.6. The van der Waals surface area contributed by atoms with E-state index in [1.165, 1.54) is 28.6 Å². The van der Waals surface area contributed by atoms with Crippen molar-refractivity contribution in [2.45, 2.75) is 66.6 Å². The van der Waals surface area contributed by atoms with Gasteiger partial charge in [0.15, 0.2) is 6.29 Å². The lowest BCUT2D eigenvalue weighted by Crippen LogP contribution is -2.23. The first-order valence-corrected chi connectivity index (χ1v) is 19.0. The average molecular weight is 751 g/mol. The molecule has 0 radical (unpaired) electrons. The van der Waals surface area contributed by atoms with Gasteiger partial charge in [-0.05, 0) is 113 Å². The van der Waals surface area contributed by atoms with Crippen LogP contribution in [0.15, 0.2) is 67.1 Å². The Morgan fingerprint density at radius 2 is 1.38 bits per heavy atom. The number of aryl methyl sites for hydroxylation is 5. The van der Waals surface area contributed by atoms with Gasteiger partial charge in [-0.1, -0.05) is 12.1 Å². The van der Waals surface area contributed by atoms with Crippen LogP contribution in [0.3, 0.4) is 0 Å². The number of carboxylic acids is 1. The van der Waals surface area contributed by atoms with E-state index in [1.807, 2.05) is 39.0 Å². The van der Waals surface area contributed by atoms with Gasteiger partial charge in [0.1, 0.15) is 26.3 Å². The van der Waals surface area contributed by atoms with Crippen molar-refractivity contribution < 1.29 is 19.4 Å². The summed E-state index contributed by atoms with van der Waals surface area (Å²) < 4.78 is 11.5. The Balaban J connectivity index is 0.000000188.